The molecule has 9 rings (SSSR count). The number of fused-ring (bicyclic) bond motifs is 5. The third kappa shape index (κ3) is 6.81. The molecule has 0 saturated heterocycles. The summed E-state index contributed by atoms with van der Waals surface area (Å²) < 4.78 is 0. The predicted octanol–water partition coefficient (Wildman–Crippen LogP) is 13.3. The summed E-state index contributed by atoms with van der Waals surface area (Å²) in [6, 6.07) is 38.6. The molecule has 1 atom stereocenters. The van der Waals surface area contributed by atoms with Gasteiger partial charge in [0.1, 0.15) is 0 Å². The van der Waals surface area contributed by atoms with Gasteiger partial charge in [0.2, 0.25) is 0 Å². The molecular formula is C56H65BN2. The predicted molar refractivity (Wildman–Crippen MR) is 256 cm³/mol. The van der Waals surface area contributed by atoms with Crippen LogP contribution < -0.4 is 26.2 Å². The van der Waals surface area contributed by atoms with Gasteiger partial charge in [-0.25, -0.2) is 0 Å². The van der Waals surface area contributed by atoms with Crippen LogP contribution in [0.15, 0.2) is 120 Å². The molecule has 2 heterocycles. The highest BCUT2D eigenvalue weighted by molar-refractivity contribution is 7.00. The molecule has 0 fully saturated rings. The number of anilines is 5. The molecule has 2 aliphatic heterocycles. The quantitative estimate of drug-likeness (QED) is 0.165. The Bertz CT molecular complexity index is 2530. The molecule has 0 N–H and O–H groups in total. The summed E-state index contributed by atoms with van der Waals surface area (Å²) in [4.78, 5) is 5.35. The van der Waals surface area contributed by atoms with E-state index in [2.05, 4.69) is 209 Å². The Hall–Kier alpha value is -4.76. The topological polar surface area (TPSA) is 6.48 Å². The second-order valence-corrected chi connectivity index (χ2v) is 22.5. The minimum Gasteiger partial charge on any atom is -0.315 e. The smallest absolute Gasteiger partial charge is 0.252 e. The zero-order valence-electron chi connectivity index (χ0n) is 38.1. The molecule has 5 aromatic carbocycles. The molecular weight excluding hydrogens is 711 g/mol. The van der Waals surface area contributed by atoms with Gasteiger partial charge < -0.3 is 9.80 Å². The second-order valence-electron chi connectivity index (χ2n) is 22.5. The van der Waals surface area contributed by atoms with Gasteiger partial charge in [0.15, 0.2) is 0 Å². The number of benzene rings is 5. The van der Waals surface area contributed by atoms with Gasteiger partial charge in [0, 0.05) is 40.1 Å². The Morgan fingerprint density at radius 3 is 1.80 bits per heavy atom. The van der Waals surface area contributed by atoms with E-state index in [4.69, 9.17) is 0 Å². The van der Waals surface area contributed by atoms with E-state index >= 15 is 0 Å². The van der Waals surface area contributed by atoms with Crippen molar-refractivity contribution in [1.82, 2.24) is 0 Å². The maximum atomic E-state index is 2.75. The molecule has 302 valence electrons. The second kappa shape index (κ2) is 13.6. The summed E-state index contributed by atoms with van der Waals surface area (Å²) in [7, 11) is 0. The van der Waals surface area contributed by atoms with Crippen LogP contribution in [0, 0.1) is 10.8 Å². The molecule has 0 aromatic heterocycles. The van der Waals surface area contributed by atoms with Gasteiger partial charge in [0.25, 0.3) is 6.71 Å². The fourth-order valence-electron chi connectivity index (χ4n) is 10.5. The highest BCUT2D eigenvalue weighted by atomic mass is 15.2. The Kier molecular flexibility index (Phi) is 9.17. The number of rotatable bonds is 4. The highest BCUT2D eigenvalue weighted by Gasteiger charge is 2.47. The van der Waals surface area contributed by atoms with Crippen molar-refractivity contribution in [2.45, 2.75) is 132 Å². The molecule has 4 aliphatic rings. The van der Waals surface area contributed by atoms with Crippen LogP contribution in [-0.2, 0) is 23.7 Å². The summed E-state index contributed by atoms with van der Waals surface area (Å²) in [6.45, 7) is 30.9. The van der Waals surface area contributed by atoms with Crippen molar-refractivity contribution >= 4 is 51.5 Å². The van der Waals surface area contributed by atoms with Crippen molar-refractivity contribution in [2.75, 3.05) is 9.80 Å². The average molecular weight is 777 g/mol. The Labute approximate surface area is 356 Å². The van der Waals surface area contributed by atoms with Crippen molar-refractivity contribution in [2.24, 2.45) is 10.8 Å². The molecule has 0 bridgehead atoms. The van der Waals surface area contributed by atoms with E-state index in [0.29, 0.717) is 5.92 Å². The van der Waals surface area contributed by atoms with Crippen molar-refractivity contribution in [3.05, 3.63) is 154 Å². The van der Waals surface area contributed by atoms with E-state index in [9.17, 15) is 0 Å². The lowest BCUT2D eigenvalue weighted by Crippen LogP contribution is -2.62. The molecule has 5 aromatic rings. The molecule has 1 unspecified atom stereocenters. The van der Waals surface area contributed by atoms with E-state index in [0.717, 1.165) is 19.3 Å². The first kappa shape index (κ1) is 39.7. The van der Waals surface area contributed by atoms with Crippen LogP contribution in [0.3, 0.4) is 0 Å². The van der Waals surface area contributed by atoms with Crippen molar-refractivity contribution < 1.29 is 0 Å². The Balaban J connectivity index is 1.39. The van der Waals surface area contributed by atoms with Crippen molar-refractivity contribution in [1.29, 1.82) is 0 Å². The molecule has 0 radical (unpaired) electrons. The van der Waals surface area contributed by atoms with E-state index < -0.39 is 0 Å². The van der Waals surface area contributed by atoms with Gasteiger partial charge in [-0.3, -0.25) is 0 Å². The molecule has 0 spiro atoms. The van der Waals surface area contributed by atoms with Crippen LogP contribution in [0.25, 0.3) is 0 Å². The van der Waals surface area contributed by atoms with Crippen molar-refractivity contribution in [3.63, 3.8) is 0 Å². The van der Waals surface area contributed by atoms with Crippen LogP contribution in [0.2, 0.25) is 0 Å². The van der Waals surface area contributed by atoms with E-state index in [1.54, 1.807) is 0 Å². The van der Waals surface area contributed by atoms with Crippen LogP contribution in [0.5, 0.6) is 0 Å². The van der Waals surface area contributed by atoms with E-state index in [1.165, 1.54) is 89.5 Å². The van der Waals surface area contributed by atoms with Gasteiger partial charge in [-0.1, -0.05) is 162 Å². The standard InChI is InChI=1S/C56H65BN2/c1-35(2)37-28-50-52-51(29-37)59(47-25-21-41(54(6,7)8)31-44(47)36-17-15-14-16-18-36)49-30-39-34-56(12,13)33-38(39)27-45(49)57(52)46-32-42(55(9,10)11)22-26-48(46)58(50)43-23-19-40(20-24-43)53(3,4)5/h14-30,32,35,44H,31,33-34H2,1-13H3. The number of nitrogens with zero attached hydrogens (tertiary/aromatic N) is 2. The van der Waals surface area contributed by atoms with Gasteiger partial charge in [-0.05, 0) is 139 Å². The number of allylic oxidation sites excluding steroid dienone is 4. The van der Waals surface area contributed by atoms with Crippen LogP contribution in [-0.4, -0.2) is 6.71 Å². The first-order chi connectivity index (χ1) is 27.7. The highest BCUT2D eigenvalue weighted by Crippen LogP contribution is 2.51. The Morgan fingerprint density at radius 2 is 1.19 bits per heavy atom. The molecule has 2 nitrogen and oxygen atoms in total. The normalized spacial score (nSPS) is 18.3. The van der Waals surface area contributed by atoms with Crippen LogP contribution >= 0.6 is 0 Å². The zero-order chi connectivity index (χ0) is 42.0. The maximum Gasteiger partial charge on any atom is 0.252 e. The van der Waals surface area contributed by atoms with Gasteiger partial charge in [-0.15, -0.1) is 0 Å². The summed E-state index contributed by atoms with van der Waals surface area (Å²) in [5.41, 5.74) is 22.6. The largest absolute Gasteiger partial charge is 0.315 e. The molecule has 3 heteroatoms. The van der Waals surface area contributed by atoms with Crippen LogP contribution in [0.4, 0.5) is 28.4 Å². The van der Waals surface area contributed by atoms with Gasteiger partial charge >= 0.3 is 0 Å². The fourth-order valence-corrected chi connectivity index (χ4v) is 10.5. The number of hydrogen-bond acceptors (Lipinski definition) is 2. The van der Waals surface area contributed by atoms with Gasteiger partial charge in [0.05, 0.1) is 0 Å². The van der Waals surface area contributed by atoms with E-state index in [1.807, 2.05) is 0 Å². The zero-order valence-corrected chi connectivity index (χ0v) is 38.1. The first-order valence-electron chi connectivity index (χ1n) is 22.3. The summed E-state index contributed by atoms with van der Waals surface area (Å²) in [6.07, 6.45) is 8.18. The first-order valence-corrected chi connectivity index (χ1v) is 22.3. The summed E-state index contributed by atoms with van der Waals surface area (Å²) in [5.74, 6) is 0.568. The third-order valence-electron chi connectivity index (χ3n) is 13.9. The number of hydrogen-bond donors (Lipinski definition) is 0. The van der Waals surface area contributed by atoms with Crippen LogP contribution in [0.1, 0.15) is 142 Å². The minimum absolute atomic E-state index is 0.0111. The fraction of sp³-hybridized carbons (Fsp3) is 0.393. The maximum absolute atomic E-state index is 2.75. The molecule has 0 saturated carbocycles. The average Bonchev–Trinajstić information content (AvgIpc) is 3.48. The molecule has 59 heavy (non-hydrogen) atoms. The van der Waals surface area contributed by atoms with Crippen molar-refractivity contribution in [3.8, 4) is 0 Å². The summed E-state index contributed by atoms with van der Waals surface area (Å²) >= 11 is 0. The lowest BCUT2D eigenvalue weighted by atomic mass is 9.33. The molecule has 2 aliphatic carbocycles. The lowest BCUT2D eigenvalue weighted by Gasteiger charge is -2.47. The summed E-state index contributed by atoms with van der Waals surface area (Å²) in [5, 5.41) is 0. The monoisotopic (exact) mass is 777 g/mol. The van der Waals surface area contributed by atoms with Gasteiger partial charge in [-0.2, -0.15) is 0 Å². The Morgan fingerprint density at radius 1 is 0.593 bits per heavy atom. The third-order valence-corrected chi connectivity index (χ3v) is 13.9. The lowest BCUT2D eigenvalue weighted by molar-refractivity contribution is 0.392. The SMILES string of the molecule is CC(C)c1cc2c3c(c1)N(c1ccc(C(C)(C)C)cc1)c1ccc(C(C)(C)C)cc1B3c1cc3c(cc1N2C1=CC=C(C(C)(C)C)CC1c1ccccc1)CC(C)(C)C3. The minimum atomic E-state index is 0.0111. The molecule has 0 amide bonds. The van der Waals surface area contributed by atoms with E-state index in [-0.39, 0.29) is 34.3 Å².